The fourth-order valence-corrected chi connectivity index (χ4v) is 1.71. The lowest BCUT2D eigenvalue weighted by molar-refractivity contribution is 0.185. The Labute approximate surface area is 82.2 Å². The highest BCUT2D eigenvalue weighted by Crippen LogP contribution is 2.15. The molecule has 3 nitrogen and oxygen atoms in total. The van der Waals surface area contributed by atoms with Crippen LogP contribution < -0.4 is 0 Å². The first kappa shape index (κ1) is 8.84. The molecule has 1 N–H and O–H groups in total. The van der Waals surface area contributed by atoms with Crippen molar-refractivity contribution in [2.45, 2.75) is 12.8 Å². The van der Waals surface area contributed by atoms with Crippen LogP contribution in [0.2, 0.25) is 0 Å². The number of nitrogens with one attached hydrogen (secondary N) is 1. The molecule has 0 aliphatic carbocycles. The second-order valence-electron chi connectivity index (χ2n) is 3.31. The van der Waals surface area contributed by atoms with E-state index in [0.29, 0.717) is 5.92 Å². The van der Waals surface area contributed by atoms with Crippen LogP contribution in [0.15, 0.2) is 12.3 Å². The molecule has 1 aliphatic rings. The van der Waals surface area contributed by atoms with Crippen LogP contribution in [-0.2, 0) is 11.2 Å². The molecule has 1 aromatic rings. The number of hydrogen-bond donors (Lipinski definition) is 1. The van der Waals surface area contributed by atoms with Crippen molar-refractivity contribution in [1.82, 2.24) is 9.97 Å². The summed E-state index contributed by atoms with van der Waals surface area (Å²) >= 11 is 5.01. The average molecular weight is 196 g/mol. The van der Waals surface area contributed by atoms with Gasteiger partial charge in [0.1, 0.15) is 10.5 Å². The maximum Gasteiger partial charge on any atom is 0.107 e. The number of ether oxygens (including phenoxy) is 1. The SMILES string of the molecule is S=c1ccnc(CC2CCOC2)[nH]1. The Hall–Kier alpha value is -0.740. The number of aromatic nitrogens is 2. The number of nitrogens with zero attached hydrogens (tertiary/aromatic N) is 1. The molecule has 1 fully saturated rings. The first-order valence-electron chi connectivity index (χ1n) is 4.46. The van der Waals surface area contributed by atoms with E-state index in [1.54, 1.807) is 12.3 Å². The minimum absolute atomic E-state index is 0.612. The summed E-state index contributed by atoms with van der Waals surface area (Å²) in [6, 6.07) is 1.80. The van der Waals surface area contributed by atoms with Gasteiger partial charge in [-0.1, -0.05) is 12.2 Å². The summed E-state index contributed by atoms with van der Waals surface area (Å²) in [6.07, 6.45) is 3.84. The Balaban J connectivity index is 2.04. The fourth-order valence-electron chi connectivity index (χ4n) is 1.53. The van der Waals surface area contributed by atoms with Gasteiger partial charge in [0.15, 0.2) is 0 Å². The highest BCUT2D eigenvalue weighted by atomic mass is 32.1. The maximum absolute atomic E-state index is 5.29. The number of aromatic amines is 1. The van der Waals surface area contributed by atoms with Crippen molar-refractivity contribution in [3.8, 4) is 0 Å². The van der Waals surface area contributed by atoms with Gasteiger partial charge >= 0.3 is 0 Å². The molecule has 0 aromatic carbocycles. The Bertz CT molecular complexity index is 330. The monoisotopic (exact) mass is 196 g/mol. The molecule has 1 aliphatic heterocycles. The molecule has 0 saturated carbocycles. The third-order valence-electron chi connectivity index (χ3n) is 2.23. The minimum Gasteiger partial charge on any atom is -0.381 e. The molecule has 1 unspecified atom stereocenters. The Kier molecular flexibility index (Phi) is 2.71. The summed E-state index contributed by atoms with van der Waals surface area (Å²) in [5.74, 6) is 1.59. The van der Waals surface area contributed by atoms with Crippen LogP contribution >= 0.6 is 12.2 Å². The van der Waals surface area contributed by atoms with Crippen LogP contribution in [0.25, 0.3) is 0 Å². The average Bonchev–Trinajstić information content (AvgIpc) is 2.57. The van der Waals surface area contributed by atoms with Gasteiger partial charge in [0.25, 0.3) is 0 Å². The molecule has 1 aromatic heterocycles. The highest BCUT2D eigenvalue weighted by molar-refractivity contribution is 7.71. The number of hydrogen-bond acceptors (Lipinski definition) is 3. The summed E-state index contributed by atoms with van der Waals surface area (Å²) in [4.78, 5) is 7.31. The van der Waals surface area contributed by atoms with Crippen LogP contribution in [0.1, 0.15) is 12.2 Å². The van der Waals surface area contributed by atoms with Gasteiger partial charge in [0.2, 0.25) is 0 Å². The van der Waals surface area contributed by atoms with Gasteiger partial charge in [-0.15, -0.1) is 0 Å². The molecule has 13 heavy (non-hydrogen) atoms. The summed E-state index contributed by atoms with van der Waals surface area (Å²) in [6.45, 7) is 1.75. The van der Waals surface area contributed by atoms with E-state index in [2.05, 4.69) is 9.97 Å². The van der Waals surface area contributed by atoms with Crippen molar-refractivity contribution in [2.24, 2.45) is 5.92 Å². The van der Waals surface area contributed by atoms with E-state index in [1.165, 1.54) is 0 Å². The van der Waals surface area contributed by atoms with Gasteiger partial charge in [0, 0.05) is 25.8 Å². The molecule has 70 valence electrons. The summed E-state index contributed by atoms with van der Waals surface area (Å²) in [5.41, 5.74) is 0. The molecule has 0 radical (unpaired) electrons. The highest BCUT2D eigenvalue weighted by Gasteiger charge is 2.16. The standard InChI is InChI=1S/C9H12N2OS/c13-9-1-3-10-8(11-9)5-7-2-4-12-6-7/h1,3,7H,2,4-6H2,(H,10,11,13). The molecule has 1 saturated heterocycles. The zero-order valence-corrected chi connectivity index (χ0v) is 8.14. The van der Waals surface area contributed by atoms with Gasteiger partial charge < -0.3 is 9.72 Å². The summed E-state index contributed by atoms with van der Waals surface area (Å²) in [7, 11) is 0. The molecule has 2 rings (SSSR count). The third-order valence-corrected chi connectivity index (χ3v) is 2.47. The topological polar surface area (TPSA) is 37.9 Å². The van der Waals surface area contributed by atoms with Crippen LogP contribution in [0.5, 0.6) is 0 Å². The zero-order chi connectivity index (χ0) is 9.10. The van der Waals surface area contributed by atoms with Gasteiger partial charge in [-0.3, -0.25) is 0 Å². The molecular formula is C9H12N2OS. The maximum atomic E-state index is 5.29. The van der Waals surface area contributed by atoms with Crippen molar-refractivity contribution in [1.29, 1.82) is 0 Å². The first-order valence-corrected chi connectivity index (χ1v) is 4.87. The van der Waals surface area contributed by atoms with Gasteiger partial charge in [-0.2, -0.15) is 0 Å². The van der Waals surface area contributed by atoms with Crippen molar-refractivity contribution in [3.05, 3.63) is 22.7 Å². The summed E-state index contributed by atoms with van der Waals surface area (Å²) < 4.78 is 6.05. The van der Waals surface area contributed by atoms with E-state index in [4.69, 9.17) is 17.0 Å². The molecule has 4 heteroatoms. The van der Waals surface area contributed by atoms with Crippen LogP contribution in [-0.4, -0.2) is 23.2 Å². The van der Waals surface area contributed by atoms with Crippen molar-refractivity contribution < 1.29 is 4.74 Å². The van der Waals surface area contributed by atoms with Crippen molar-refractivity contribution in [3.63, 3.8) is 0 Å². The van der Waals surface area contributed by atoms with E-state index >= 15 is 0 Å². The number of H-pyrrole nitrogens is 1. The summed E-state index contributed by atoms with van der Waals surface area (Å²) in [5, 5.41) is 0. The normalized spacial score (nSPS) is 22.0. The Morgan fingerprint density at radius 2 is 2.62 bits per heavy atom. The molecular weight excluding hydrogens is 184 g/mol. The predicted molar refractivity (Wildman–Crippen MR) is 52.1 cm³/mol. The lowest BCUT2D eigenvalue weighted by Crippen LogP contribution is -2.06. The van der Waals surface area contributed by atoms with Crippen LogP contribution in [0.4, 0.5) is 0 Å². The lowest BCUT2D eigenvalue weighted by Gasteiger charge is -2.05. The second-order valence-corrected chi connectivity index (χ2v) is 3.75. The van der Waals surface area contributed by atoms with E-state index in [1.807, 2.05) is 0 Å². The van der Waals surface area contributed by atoms with E-state index < -0.39 is 0 Å². The van der Waals surface area contributed by atoms with Gasteiger partial charge in [0.05, 0.1) is 0 Å². The predicted octanol–water partition coefficient (Wildman–Crippen LogP) is 1.72. The van der Waals surface area contributed by atoms with Crippen molar-refractivity contribution >= 4 is 12.2 Å². The molecule has 0 spiro atoms. The first-order chi connectivity index (χ1) is 6.34. The van der Waals surface area contributed by atoms with Gasteiger partial charge in [-0.25, -0.2) is 4.98 Å². The van der Waals surface area contributed by atoms with Gasteiger partial charge in [-0.05, 0) is 18.4 Å². The van der Waals surface area contributed by atoms with E-state index in [0.717, 1.165) is 36.5 Å². The van der Waals surface area contributed by atoms with Crippen LogP contribution in [0.3, 0.4) is 0 Å². The van der Waals surface area contributed by atoms with Crippen LogP contribution in [0, 0.1) is 10.6 Å². The third kappa shape index (κ3) is 2.35. The number of rotatable bonds is 2. The van der Waals surface area contributed by atoms with E-state index in [9.17, 15) is 0 Å². The minimum atomic E-state index is 0.612. The second kappa shape index (κ2) is 3.98. The lowest BCUT2D eigenvalue weighted by atomic mass is 10.1. The van der Waals surface area contributed by atoms with Crippen molar-refractivity contribution in [2.75, 3.05) is 13.2 Å². The Morgan fingerprint density at radius 1 is 1.69 bits per heavy atom. The molecule has 2 heterocycles. The zero-order valence-electron chi connectivity index (χ0n) is 7.32. The largest absolute Gasteiger partial charge is 0.381 e. The van der Waals surface area contributed by atoms with E-state index in [-0.39, 0.29) is 0 Å². The quantitative estimate of drug-likeness (QED) is 0.732. The molecule has 1 atom stereocenters. The molecule has 0 bridgehead atoms. The smallest absolute Gasteiger partial charge is 0.107 e. The fraction of sp³-hybridized carbons (Fsp3) is 0.556. The Morgan fingerprint density at radius 3 is 3.31 bits per heavy atom. The molecule has 0 amide bonds.